The summed E-state index contributed by atoms with van der Waals surface area (Å²) in [5.74, 6) is 0.632. The van der Waals surface area contributed by atoms with Crippen molar-refractivity contribution in [3.05, 3.63) is 18.0 Å². The predicted octanol–water partition coefficient (Wildman–Crippen LogP) is 2.12. The number of nitrogens with zero attached hydrogens (tertiary/aromatic N) is 3. The van der Waals surface area contributed by atoms with E-state index in [0.29, 0.717) is 5.92 Å². The fourth-order valence-electron chi connectivity index (χ4n) is 2.42. The highest BCUT2D eigenvalue weighted by molar-refractivity contribution is 5.09. The maximum Gasteiger partial charge on any atom is 0.0594 e. The zero-order valence-electron chi connectivity index (χ0n) is 11.6. The van der Waals surface area contributed by atoms with E-state index in [-0.39, 0.29) is 0 Å². The summed E-state index contributed by atoms with van der Waals surface area (Å²) in [6.07, 6.45) is 6.72. The zero-order valence-corrected chi connectivity index (χ0v) is 11.6. The van der Waals surface area contributed by atoms with Crippen molar-refractivity contribution in [2.45, 2.75) is 39.2 Å². The number of rotatable bonds is 6. The van der Waals surface area contributed by atoms with Crippen molar-refractivity contribution in [1.82, 2.24) is 14.7 Å². The minimum Gasteiger partial charge on any atom is -0.379 e. The molecule has 4 heteroatoms. The third-order valence-corrected chi connectivity index (χ3v) is 3.69. The van der Waals surface area contributed by atoms with Crippen LogP contribution >= 0.6 is 0 Å². The van der Waals surface area contributed by atoms with Gasteiger partial charge in [0.1, 0.15) is 0 Å². The van der Waals surface area contributed by atoms with Crippen LogP contribution in [0.5, 0.6) is 0 Å². The van der Waals surface area contributed by atoms with Crippen molar-refractivity contribution in [2.24, 2.45) is 0 Å². The molecule has 0 radical (unpaired) electrons. The van der Waals surface area contributed by atoms with Crippen LogP contribution in [0.25, 0.3) is 0 Å². The van der Waals surface area contributed by atoms with E-state index in [0.717, 1.165) is 39.4 Å². The van der Waals surface area contributed by atoms with Crippen LogP contribution in [0, 0.1) is 0 Å². The van der Waals surface area contributed by atoms with Crippen molar-refractivity contribution in [2.75, 3.05) is 32.8 Å². The van der Waals surface area contributed by atoms with Crippen molar-refractivity contribution in [3.8, 4) is 0 Å². The number of hydrogen-bond acceptors (Lipinski definition) is 3. The molecule has 1 fully saturated rings. The Labute approximate surface area is 110 Å². The maximum atomic E-state index is 5.35. The molecular weight excluding hydrogens is 226 g/mol. The lowest BCUT2D eigenvalue weighted by Gasteiger charge is -2.26. The standard InChI is InChI=1S/C14H25N3O/c1-3-4-13(2)14-11-15-17(12-14)6-5-16-7-9-18-10-8-16/h11-13H,3-10H2,1-2H3. The van der Waals surface area contributed by atoms with Crippen LogP contribution < -0.4 is 0 Å². The molecular formula is C14H25N3O. The Bertz CT molecular complexity index is 345. The lowest BCUT2D eigenvalue weighted by atomic mass is 10.0. The highest BCUT2D eigenvalue weighted by Crippen LogP contribution is 2.19. The van der Waals surface area contributed by atoms with Crippen LogP contribution in [-0.2, 0) is 11.3 Å². The average Bonchev–Trinajstić information content (AvgIpc) is 2.87. The first kappa shape index (κ1) is 13.6. The molecule has 2 heterocycles. The monoisotopic (exact) mass is 251 g/mol. The summed E-state index contributed by atoms with van der Waals surface area (Å²) < 4.78 is 7.43. The molecule has 1 saturated heterocycles. The molecule has 2 rings (SSSR count). The lowest BCUT2D eigenvalue weighted by Crippen LogP contribution is -2.38. The summed E-state index contributed by atoms with van der Waals surface area (Å²) in [5, 5.41) is 4.46. The normalized spacial score (nSPS) is 19.0. The second-order valence-electron chi connectivity index (χ2n) is 5.18. The molecule has 1 aliphatic rings. The molecule has 18 heavy (non-hydrogen) atoms. The van der Waals surface area contributed by atoms with Gasteiger partial charge in [0.05, 0.1) is 26.0 Å². The van der Waals surface area contributed by atoms with Gasteiger partial charge >= 0.3 is 0 Å². The summed E-state index contributed by atoms with van der Waals surface area (Å²) >= 11 is 0. The average molecular weight is 251 g/mol. The SMILES string of the molecule is CCCC(C)c1cnn(CCN2CCOCC2)c1. The van der Waals surface area contributed by atoms with Crippen LogP contribution in [0.1, 0.15) is 38.2 Å². The van der Waals surface area contributed by atoms with E-state index in [1.54, 1.807) is 0 Å². The lowest BCUT2D eigenvalue weighted by molar-refractivity contribution is 0.0359. The Morgan fingerprint density at radius 2 is 2.11 bits per heavy atom. The molecule has 0 amide bonds. The zero-order chi connectivity index (χ0) is 12.8. The minimum absolute atomic E-state index is 0.632. The fourth-order valence-corrected chi connectivity index (χ4v) is 2.42. The molecule has 0 saturated carbocycles. The van der Waals surface area contributed by atoms with Crippen molar-refractivity contribution >= 4 is 0 Å². The summed E-state index contributed by atoms with van der Waals surface area (Å²) in [6, 6.07) is 0. The van der Waals surface area contributed by atoms with E-state index < -0.39 is 0 Å². The number of ether oxygens (including phenoxy) is 1. The smallest absolute Gasteiger partial charge is 0.0594 e. The largest absolute Gasteiger partial charge is 0.379 e. The maximum absolute atomic E-state index is 5.35. The van der Waals surface area contributed by atoms with Gasteiger partial charge in [-0.3, -0.25) is 9.58 Å². The molecule has 1 unspecified atom stereocenters. The van der Waals surface area contributed by atoms with Gasteiger partial charge in [0, 0.05) is 25.8 Å². The summed E-state index contributed by atoms with van der Waals surface area (Å²) in [6.45, 7) is 10.4. The molecule has 1 aromatic heterocycles. The first-order valence-electron chi connectivity index (χ1n) is 7.12. The van der Waals surface area contributed by atoms with Gasteiger partial charge in [-0.25, -0.2) is 0 Å². The van der Waals surface area contributed by atoms with Crippen LogP contribution in [0.2, 0.25) is 0 Å². The van der Waals surface area contributed by atoms with Gasteiger partial charge in [0.2, 0.25) is 0 Å². The molecule has 1 aliphatic heterocycles. The molecule has 0 spiro atoms. The predicted molar refractivity (Wildman–Crippen MR) is 72.8 cm³/mol. The third-order valence-electron chi connectivity index (χ3n) is 3.69. The van der Waals surface area contributed by atoms with Gasteiger partial charge in [0.25, 0.3) is 0 Å². The molecule has 102 valence electrons. The number of morpholine rings is 1. The molecule has 4 nitrogen and oxygen atoms in total. The van der Waals surface area contributed by atoms with Gasteiger partial charge in [-0.1, -0.05) is 20.3 Å². The van der Waals surface area contributed by atoms with Gasteiger partial charge < -0.3 is 4.74 Å². The Kier molecular flexibility index (Phi) is 5.20. The Balaban J connectivity index is 1.79. The summed E-state index contributed by atoms with van der Waals surface area (Å²) in [5.41, 5.74) is 1.37. The second-order valence-corrected chi connectivity index (χ2v) is 5.18. The van der Waals surface area contributed by atoms with E-state index in [1.165, 1.54) is 18.4 Å². The quantitative estimate of drug-likeness (QED) is 0.776. The first-order chi connectivity index (χ1) is 8.79. The van der Waals surface area contributed by atoms with Crippen molar-refractivity contribution < 1.29 is 4.74 Å². The van der Waals surface area contributed by atoms with Gasteiger partial charge in [-0.05, 0) is 17.9 Å². The van der Waals surface area contributed by atoms with E-state index in [2.05, 4.69) is 34.7 Å². The third kappa shape index (κ3) is 3.82. The molecule has 0 aromatic carbocycles. The van der Waals surface area contributed by atoms with Gasteiger partial charge in [0.15, 0.2) is 0 Å². The Hall–Kier alpha value is -0.870. The van der Waals surface area contributed by atoms with Crippen molar-refractivity contribution in [3.63, 3.8) is 0 Å². The molecule has 0 N–H and O–H groups in total. The molecule has 0 aliphatic carbocycles. The van der Waals surface area contributed by atoms with Crippen molar-refractivity contribution in [1.29, 1.82) is 0 Å². The highest BCUT2D eigenvalue weighted by Gasteiger charge is 2.11. The van der Waals surface area contributed by atoms with Crippen LogP contribution in [0.4, 0.5) is 0 Å². The van der Waals surface area contributed by atoms with Crippen LogP contribution in [0.15, 0.2) is 12.4 Å². The Morgan fingerprint density at radius 3 is 2.83 bits per heavy atom. The van der Waals surface area contributed by atoms with Gasteiger partial charge in [-0.2, -0.15) is 5.10 Å². The number of hydrogen-bond donors (Lipinski definition) is 0. The second kappa shape index (κ2) is 6.90. The molecule has 1 atom stereocenters. The topological polar surface area (TPSA) is 30.3 Å². The molecule has 0 bridgehead atoms. The van der Waals surface area contributed by atoms with Crippen LogP contribution in [-0.4, -0.2) is 47.5 Å². The minimum atomic E-state index is 0.632. The van der Waals surface area contributed by atoms with Gasteiger partial charge in [-0.15, -0.1) is 0 Å². The fraction of sp³-hybridized carbons (Fsp3) is 0.786. The summed E-state index contributed by atoms with van der Waals surface area (Å²) in [7, 11) is 0. The first-order valence-corrected chi connectivity index (χ1v) is 7.12. The van der Waals surface area contributed by atoms with Crippen LogP contribution in [0.3, 0.4) is 0 Å². The van der Waals surface area contributed by atoms with E-state index in [4.69, 9.17) is 4.74 Å². The number of aromatic nitrogens is 2. The van der Waals surface area contributed by atoms with E-state index >= 15 is 0 Å². The van der Waals surface area contributed by atoms with E-state index in [1.807, 2.05) is 6.20 Å². The molecule has 1 aromatic rings. The van der Waals surface area contributed by atoms with E-state index in [9.17, 15) is 0 Å². The summed E-state index contributed by atoms with van der Waals surface area (Å²) in [4.78, 5) is 2.44. The Morgan fingerprint density at radius 1 is 1.33 bits per heavy atom. The highest BCUT2D eigenvalue weighted by atomic mass is 16.5.